The van der Waals surface area contributed by atoms with Gasteiger partial charge in [-0.25, -0.2) is 0 Å². The molecule has 0 aromatic heterocycles. The van der Waals surface area contributed by atoms with E-state index in [2.05, 4.69) is 30.5 Å². The number of ether oxygens (including phenoxy) is 1. The van der Waals surface area contributed by atoms with Crippen molar-refractivity contribution in [3.63, 3.8) is 0 Å². The van der Waals surface area contributed by atoms with E-state index in [-0.39, 0.29) is 6.42 Å². The summed E-state index contributed by atoms with van der Waals surface area (Å²) in [6.45, 7) is 3.78. The molecule has 0 amide bonds. The van der Waals surface area contributed by atoms with E-state index in [1.807, 2.05) is 6.08 Å². The molecule has 1 N–H and O–H groups in total. The van der Waals surface area contributed by atoms with Crippen LogP contribution in [0.2, 0.25) is 0 Å². The van der Waals surface area contributed by atoms with E-state index in [9.17, 15) is 4.79 Å². The Morgan fingerprint density at radius 3 is 2.56 bits per heavy atom. The predicted molar refractivity (Wildman–Crippen MR) is 115 cm³/mol. The first-order valence-electron chi connectivity index (χ1n) is 10.9. The lowest BCUT2D eigenvalue weighted by Gasteiger charge is -2.27. The molecule has 0 unspecified atom stereocenters. The second-order valence-corrected chi connectivity index (χ2v) is 9.23. The van der Waals surface area contributed by atoms with Crippen molar-refractivity contribution >= 4 is 17.7 Å². The highest BCUT2D eigenvalue weighted by atomic mass is 32.2. The Balaban J connectivity index is 1.58. The molecule has 2 bridgehead atoms. The third-order valence-corrected chi connectivity index (χ3v) is 7.07. The van der Waals surface area contributed by atoms with Gasteiger partial charge < -0.3 is 9.84 Å². The SMILES string of the molecule is C=CCCCCCCSCC[C@H]1[C@@H](CC=CCCCC(=O)O)[C@H]2CC[C@@H]1O2. The van der Waals surface area contributed by atoms with Crippen LogP contribution >= 0.6 is 11.8 Å². The average molecular weight is 395 g/mol. The fourth-order valence-corrected chi connectivity index (χ4v) is 5.56. The number of carboxylic acid groups (broad SMARTS) is 1. The van der Waals surface area contributed by atoms with Gasteiger partial charge >= 0.3 is 5.97 Å². The highest BCUT2D eigenvalue weighted by Crippen LogP contribution is 2.47. The zero-order chi connectivity index (χ0) is 19.3. The van der Waals surface area contributed by atoms with E-state index in [0.29, 0.717) is 18.1 Å². The van der Waals surface area contributed by atoms with Crippen LogP contribution in [0.15, 0.2) is 24.8 Å². The second kappa shape index (κ2) is 13.4. The largest absolute Gasteiger partial charge is 0.481 e. The summed E-state index contributed by atoms with van der Waals surface area (Å²) < 4.78 is 6.21. The van der Waals surface area contributed by atoms with Crippen LogP contribution in [-0.2, 0) is 9.53 Å². The monoisotopic (exact) mass is 394 g/mol. The Hall–Kier alpha value is -0.740. The van der Waals surface area contributed by atoms with Crippen molar-refractivity contribution in [2.45, 2.75) is 89.3 Å². The lowest BCUT2D eigenvalue weighted by molar-refractivity contribution is -0.137. The molecule has 4 atom stereocenters. The summed E-state index contributed by atoms with van der Waals surface area (Å²) in [6, 6.07) is 0. The van der Waals surface area contributed by atoms with E-state index < -0.39 is 5.97 Å². The molecule has 2 aliphatic heterocycles. The average Bonchev–Trinajstić information content (AvgIpc) is 3.25. The van der Waals surface area contributed by atoms with Crippen molar-refractivity contribution < 1.29 is 14.6 Å². The maximum atomic E-state index is 10.5. The van der Waals surface area contributed by atoms with Gasteiger partial charge in [-0.2, -0.15) is 11.8 Å². The number of carbonyl (C=O) groups is 1. The molecule has 2 heterocycles. The topological polar surface area (TPSA) is 46.5 Å². The first kappa shape index (κ1) is 22.5. The van der Waals surface area contributed by atoms with Crippen molar-refractivity contribution in [3.8, 4) is 0 Å². The first-order chi connectivity index (χ1) is 13.2. The number of fused-ring (bicyclic) bond motifs is 2. The predicted octanol–water partition coefficient (Wildman–Crippen LogP) is 6.24. The number of thioether (sulfide) groups is 1. The molecule has 0 radical (unpaired) electrons. The van der Waals surface area contributed by atoms with Crippen LogP contribution in [-0.4, -0.2) is 34.8 Å². The van der Waals surface area contributed by atoms with Crippen LogP contribution in [0.4, 0.5) is 0 Å². The van der Waals surface area contributed by atoms with Gasteiger partial charge in [0.1, 0.15) is 0 Å². The molecule has 0 aliphatic carbocycles. The molecule has 0 aromatic carbocycles. The maximum absolute atomic E-state index is 10.5. The highest BCUT2D eigenvalue weighted by Gasteiger charge is 2.47. The molecule has 0 spiro atoms. The number of hydrogen-bond donors (Lipinski definition) is 1. The van der Waals surface area contributed by atoms with Crippen LogP contribution in [0.5, 0.6) is 0 Å². The van der Waals surface area contributed by atoms with Crippen LogP contribution in [0.1, 0.15) is 77.0 Å². The van der Waals surface area contributed by atoms with E-state index >= 15 is 0 Å². The summed E-state index contributed by atoms with van der Waals surface area (Å²) >= 11 is 2.12. The van der Waals surface area contributed by atoms with Gasteiger partial charge in [0, 0.05) is 6.42 Å². The van der Waals surface area contributed by atoms with Gasteiger partial charge in [0.2, 0.25) is 0 Å². The second-order valence-electron chi connectivity index (χ2n) is 8.00. The van der Waals surface area contributed by atoms with Gasteiger partial charge in [-0.05, 0) is 81.1 Å². The normalized spacial score (nSPS) is 26.8. The number of carboxylic acids is 1. The zero-order valence-corrected chi connectivity index (χ0v) is 17.6. The number of aliphatic carboxylic acids is 1. The number of rotatable bonds is 16. The highest BCUT2D eigenvalue weighted by molar-refractivity contribution is 7.99. The summed E-state index contributed by atoms with van der Waals surface area (Å²) in [4.78, 5) is 10.5. The number of hydrogen-bond acceptors (Lipinski definition) is 3. The molecule has 2 aliphatic rings. The van der Waals surface area contributed by atoms with Crippen LogP contribution < -0.4 is 0 Å². The summed E-state index contributed by atoms with van der Waals surface area (Å²) in [5.41, 5.74) is 0. The Morgan fingerprint density at radius 1 is 1.00 bits per heavy atom. The van der Waals surface area contributed by atoms with Crippen molar-refractivity contribution in [1.29, 1.82) is 0 Å². The fraction of sp³-hybridized carbons (Fsp3) is 0.783. The molecular formula is C23H38O3S. The fourth-order valence-electron chi connectivity index (χ4n) is 4.51. The van der Waals surface area contributed by atoms with Crippen molar-refractivity contribution in [1.82, 2.24) is 0 Å². The molecular weight excluding hydrogens is 356 g/mol. The van der Waals surface area contributed by atoms with E-state index in [0.717, 1.165) is 31.6 Å². The van der Waals surface area contributed by atoms with Crippen molar-refractivity contribution in [3.05, 3.63) is 24.8 Å². The molecule has 0 aromatic rings. The molecule has 154 valence electrons. The van der Waals surface area contributed by atoms with Gasteiger partial charge in [-0.1, -0.05) is 31.1 Å². The number of unbranched alkanes of at least 4 members (excludes halogenated alkanes) is 5. The Bertz CT molecular complexity index is 463. The zero-order valence-electron chi connectivity index (χ0n) is 16.8. The smallest absolute Gasteiger partial charge is 0.303 e. The van der Waals surface area contributed by atoms with Crippen LogP contribution in [0, 0.1) is 11.8 Å². The Morgan fingerprint density at radius 2 is 1.78 bits per heavy atom. The molecule has 0 saturated carbocycles. The van der Waals surface area contributed by atoms with E-state index in [1.165, 1.54) is 56.5 Å². The minimum atomic E-state index is -0.695. The summed E-state index contributed by atoms with van der Waals surface area (Å²) in [7, 11) is 0. The van der Waals surface area contributed by atoms with Crippen molar-refractivity contribution in [2.75, 3.05) is 11.5 Å². The first-order valence-corrected chi connectivity index (χ1v) is 12.1. The van der Waals surface area contributed by atoms with Gasteiger partial charge in [-0.15, -0.1) is 6.58 Å². The maximum Gasteiger partial charge on any atom is 0.303 e. The Labute approximate surface area is 170 Å². The molecule has 2 fully saturated rings. The summed E-state index contributed by atoms with van der Waals surface area (Å²) in [6.07, 6.45) is 20.7. The van der Waals surface area contributed by atoms with Gasteiger partial charge in [0.15, 0.2) is 0 Å². The molecule has 2 saturated heterocycles. The lowest BCUT2D eigenvalue weighted by Crippen LogP contribution is -2.27. The molecule has 3 nitrogen and oxygen atoms in total. The summed E-state index contributed by atoms with van der Waals surface area (Å²) in [5.74, 6) is 3.28. The van der Waals surface area contributed by atoms with Crippen molar-refractivity contribution in [2.24, 2.45) is 11.8 Å². The molecule has 4 heteroatoms. The molecule has 27 heavy (non-hydrogen) atoms. The third-order valence-electron chi connectivity index (χ3n) is 5.97. The van der Waals surface area contributed by atoms with Gasteiger partial charge in [0.05, 0.1) is 12.2 Å². The van der Waals surface area contributed by atoms with Gasteiger partial charge in [0.25, 0.3) is 0 Å². The third kappa shape index (κ3) is 8.43. The van der Waals surface area contributed by atoms with Crippen LogP contribution in [0.3, 0.4) is 0 Å². The standard InChI is InChI=1S/C23H38O3S/c1-2-3-4-5-8-11-17-27-18-16-20-19(21-14-15-22(20)26-21)12-9-6-7-10-13-23(24)25/h2,6,9,19-22H,1,3-5,7-8,10-18H2,(H,24,25)/t19-,20+,21-,22+/m1/s1. The number of allylic oxidation sites excluding steroid dienone is 3. The lowest BCUT2D eigenvalue weighted by atomic mass is 9.76. The molecule has 2 rings (SSSR count). The van der Waals surface area contributed by atoms with Crippen LogP contribution in [0.25, 0.3) is 0 Å². The Kier molecular flexibility index (Phi) is 11.2. The minimum absolute atomic E-state index is 0.273. The summed E-state index contributed by atoms with van der Waals surface area (Å²) in [5, 5.41) is 8.69. The quantitative estimate of drug-likeness (QED) is 0.248. The van der Waals surface area contributed by atoms with E-state index in [1.54, 1.807) is 0 Å². The minimum Gasteiger partial charge on any atom is -0.481 e. The van der Waals surface area contributed by atoms with E-state index in [4.69, 9.17) is 9.84 Å². The van der Waals surface area contributed by atoms with Gasteiger partial charge in [-0.3, -0.25) is 4.79 Å².